The van der Waals surface area contributed by atoms with Gasteiger partial charge in [-0.3, -0.25) is 0 Å². The average Bonchev–Trinajstić information content (AvgIpc) is 2.54. The van der Waals surface area contributed by atoms with E-state index in [1.807, 2.05) is 24.3 Å². The van der Waals surface area contributed by atoms with E-state index in [4.69, 9.17) is 10.7 Å². The highest BCUT2D eigenvalue weighted by atomic mass is 14.7. The number of anilines is 1. The minimum Gasteiger partial charge on any atom is -0.397 e. The smallest absolute Gasteiger partial charge is 0.0938 e. The maximum Gasteiger partial charge on any atom is 0.0938 e. The van der Waals surface area contributed by atoms with E-state index in [9.17, 15) is 0 Å². The number of para-hydroxylation sites is 1. The first-order chi connectivity index (χ1) is 10.3. The maximum atomic E-state index is 6.03. The fraction of sp³-hybridized carbons (Fsp3) is 0. The highest BCUT2D eigenvalue weighted by Gasteiger charge is 2.04. The predicted molar refractivity (Wildman–Crippen MR) is 89.1 cm³/mol. The van der Waals surface area contributed by atoms with Gasteiger partial charge in [-0.1, -0.05) is 54.6 Å². The summed E-state index contributed by atoms with van der Waals surface area (Å²) in [6.07, 6.45) is 0. The molecule has 0 aliphatic rings. The molecule has 0 spiro atoms. The van der Waals surface area contributed by atoms with Gasteiger partial charge in [0.05, 0.1) is 16.9 Å². The van der Waals surface area contributed by atoms with E-state index >= 15 is 0 Å². The van der Waals surface area contributed by atoms with Crippen LogP contribution in [-0.2, 0) is 0 Å². The van der Waals surface area contributed by atoms with Crippen molar-refractivity contribution in [3.63, 3.8) is 0 Å². The number of aromatic nitrogens is 1. The Hall–Kier alpha value is -2.87. The van der Waals surface area contributed by atoms with Crippen LogP contribution in [0.5, 0.6) is 0 Å². The van der Waals surface area contributed by atoms with Gasteiger partial charge < -0.3 is 5.73 Å². The zero-order chi connectivity index (χ0) is 14.2. The molecule has 0 saturated carbocycles. The molecule has 0 unspecified atom stereocenters. The summed E-state index contributed by atoms with van der Waals surface area (Å²) < 4.78 is 0. The van der Waals surface area contributed by atoms with Gasteiger partial charge in [0.25, 0.3) is 0 Å². The van der Waals surface area contributed by atoms with Crippen LogP contribution in [0.3, 0.4) is 0 Å². The summed E-state index contributed by atoms with van der Waals surface area (Å²) in [6.45, 7) is 0. The van der Waals surface area contributed by atoms with Gasteiger partial charge in [-0.2, -0.15) is 0 Å². The van der Waals surface area contributed by atoms with Gasteiger partial charge in [-0.25, -0.2) is 4.98 Å². The first-order valence-electron chi connectivity index (χ1n) is 6.96. The molecule has 1 aromatic heterocycles. The first-order valence-corrected chi connectivity index (χ1v) is 6.96. The molecule has 2 nitrogen and oxygen atoms in total. The van der Waals surface area contributed by atoms with Gasteiger partial charge in [0, 0.05) is 10.9 Å². The number of hydrogen-bond donors (Lipinski definition) is 1. The molecule has 0 radical (unpaired) electrons. The zero-order valence-electron chi connectivity index (χ0n) is 11.5. The number of fused-ring (bicyclic) bond motifs is 2. The topological polar surface area (TPSA) is 38.9 Å². The van der Waals surface area contributed by atoms with E-state index in [0.717, 1.165) is 27.8 Å². The summed E-state index contributed by atoms with van der Waals surface area (Å²) in [6, 6.07) is 24.7. The molecule has 100 valence electrons. The lowest BCUT2D eigenvalue weighted by Gasteiger charge is -2.06. The third-order valence-corrected chi connectivity index (χ3v) is 3.80. The third kappa shape index (κ3) is 2.01. The lowest BCUT2D eigenvalue weighted by molar-refractivity contribution is 1.40. The van der Waals surface area contributed by atoms with Crippen molar-refractivity contribution < 1.29 is 0 Å². The number of pyridine rings is 1. The van der Waals surface area contributed by atoms with Crippen molar-refractivity contribution in [2.24, 2.45) is 0 Å². The van der Waals surface area contributed by atoms with Gasteiger partial charge in [0.15, 0.2) is 0 Å². The first kappa shape index (κ1) is 11.9. The van der Waals surface area contributed by atoms with Crippen LogP contribution in [0.1, 0.15) is 0 Å². The number of nitrogens with two attached hydrogens (primary N) is 1. The fourth-order valence-corrected chi connectivity index (χ4v) is 2.68. The molecular weight excluding hydrogens is 256 g/mol. The molecule has 0 bridgehead atoms. The number of benzene rings is 3. The van der Waals surface area contributed by atoms with Crippen LogP contribution in [-0.4, -0.2) is 4.98 Å². The van der Waals surface area contributed by atoms with Crippen molar-refractivity contribution in [1.82, 2.24) is 4.98 Å². The van der Waals surface area contributed by atoms with Crippen LogP contribution in [0.15, 0.2) is 72.8 Å². The van der Waals surface area contributed by atoms with Crippen molar-refractivity contribution in [2.75, 3.05) is 5.73 Å². The Morgan fingerprint density at radius 1 is 0.667 bits per heavy atom. The van der Waals surface area contributed by atoms with Crippen LogP contribution in [0, 0.1) is 0 Å². The molecule has 0 aliphatic carbocycles. The third-order valence-electron chi connectivity index (χ3n) is 3.80. The van der Waals surface area contributed by atoms with Gasteiger partial charge in [-0.05, 0) is 29.0 Å². The molecule has 0 amide bonds. The second-order valence-electron chi connectivity index (χ2n) is 5.18. The van der Waals surface area contributed by atoms with Crippen molar-refractivity contribution >= 4 is 27.4 Å². The van der Waals surface area contributed by atoms with Crippen LogP contribution in [0.25, 0.3) is 32.9 Å². The Bertz CT molecular complexity index is 958. The average molecular weight is 270 g/mol. The van der Waals surface area contributed by atoms with Crippen LogP contribution >= 0.6 is 0 Å². The molecule has 2 heteroatoms. The molecule has 21 heavy (non-hydrogen) atoms. The molecule has 4 rings (SSSR count). The van der Waals surface area contributed by atoms with E-state index in [2.05, 4.69) is 48.5 Å². The zero-order valence-corrected chi connectivity index (χ0v) is 11.5. The van der Waals surface area contributed by atoms with E-state index in [0.29, 0.717) is 0 Å². The number of hydrogen-bond acceptors (Lipinski definition) is 2. The Labute approximate surface area is 122 Å². The molecule has 1 heterocycles. The summed E-state index contributed by atoms with van der Waals surface area (Å²) in [5.74, 6) is 0. The lowest BCUT2D eigenvalue weighted by atomic mass is 10.0. The number of nitrogen functional groups attached to an aromatic ring is 1. The van der Waals surface area contributed by atoms with Crippen LogP contribution in [0.4, 0.5) is 5.69 Å². The van der Waals surface area contributed by atoms with Crippen LogP contribution < -0.4 is 5.73 Å². The Balaban J connectivity index is 1.93. The second kappa shape index (κ2) is 4.60. The van der Waals surface area contributed by atoms with E-state index in [1.54, 1.807) is 0 Å². The van der Waals surface area contributed by atoms with E-state index < -0.39 is 0 Å². The minimum absolute atomic E-state index is 0.718. The number of nitrogens with zero attached hydrogens (tertiary/aromatic N) is 1. The Kier molecular flexibility index (Phi) is 2.61. The second-order valence-corrected chi connectivity index (χ2v) is 5.18. The standard InChI is InChI=1S/C19H14N2/c20-17-7-3-6-14-10-11-18(21-19(14)17)16-9-8-13-4-1-2-5-15(13)12-16/h1-12H,20H2. The van der Waals surface area contributed by atoms with Crippen molar-refractivity contribution in [3.05, 3.63) is 72.8 Å². The highest BCUT2D eigenvalue weighted by Crippen LogP contribution is 2.26. The fourth-order valence-electron chi connectivity index (χ4n) is 2.68. The van der Waals surface area contributed by atoms with Gasteiger partial charge >= 0.3 is 0 Å². The summed E-state index contributed by atoms with van der Waals surface area (Å²) in [7, 11) is 0. The molecule has 4 aromatic rings. The Morgan fingerprint density at radius 2 is 1.43 bits per heavy atom. The summed E-state index contributed by atoms with van der Waals surface area (Å²) in [5, 5.41) is 3.53. The molecule has 0 fully saturated rings. The molecule has 0 saturated heterocycles. The van der Waals surface area contributed by atoms with Gasteiger partial charge in [0.1, 0.15) is 0 Å². The van der Waals surface area contributed by atoms with E-state index in [1.165, 1.54) is 10.8 Å². The molecule has 0 aliphatic heterocycles. The van der Waals surface area contributed by atoms with Crippen molar-refractivity contribution in [1.29, 1.82) is 0 Å². The SMILES string of the molecule is Nc1cccc2ccc(-c3ccc4ccccc4c3)nc12. The predicted octanol–water partition coefficient (Wildman–Crippen LogP) is 4.64. The lowest BCUT2D eigenvalue weighted by Crippen LogP contribution is -1.91. The van der Waals surface area contributed by atoms with Crippen molar-refractivity contribution in [3.8, 4) is 11.3 Å². The van der Waals surface area contributed by atoms with E-state index in [-0.39, 0.29) is 0 Å². The van der Waals surface area contributed by atoms with Crippen molar-refractivity contribution in [2.45, 2.75) is 0 Å². The summed E-state index contributed by atoms with van der Waals surface area (Å²) in [4.78, 5) is 4.73. The maximum absolute atomic E-state index is 6.03. The Morgan fingerprint density at radius 3 is 2.33 bits per heavy atom. The molecule has 3 aromatic carbocycles. The van der Waals surface area contributed by atoms with Crippen LogP contribution in [0.2, 0.25) is 0 Å². The quantitative estimate of drug-likeness (QED) is 0.512. The molecule has 2 N–H and O–H groups in total. The summed E-state index contributed by atoms with van der Waals surface area (Å²) in [5.41, 5.74) is 9.67. The van der Waals surface area contributed by atoms with Gasteiger partial charge in [-0.15, -0.1) is 0 Å². The highest BCUT2D eigenvalue weighted by molar-refractivity contribution is 5.92. The number of rotatable bonds is 1. The minimum atomic E-state index is 0.718. The molecular formula is C19H14N2. The molecule has 0 atom stereocenters. The largest absolute Gasteiger partial charge is 0.397 e. The monoisotopic (exact) mass is 270 g/mol. The normalized spacial score (nSPS) is 11.0. The van der Waals surface area contributed by atoms with Gasteiger partial charge in [0.2, 0.25) is 0 Å². The summed E-state index contributed by atoms with van der Waals surface area (Å²) >= 11 is 0.